The van der Waals surface area contributed by atoms with Gasteiger partial charge in [-0.3, -0.25) is 9.59 Å². The van der Waals surface area contributed by atoms with Crippen molar-refractivity contribution in [2.75, 3.05) is 26.8 Å². The van der Waals surface area contributed by atoms with E-state index in [-0.39, 0.29) is 17.7 Å². The maximum atomic E-state index is 11.5. The van der Waals surface area contributed by atoms with Crippen LogP contribution in [0.1, 0.15) is 32.1 Å². The van der Waals surface area contributed by atoms with Gasteiger partial charge in [0.2, 0.25) is 11.8 Å². The van der Waals surface area contributed by atoms with Crippen molar-refractivity contribution in [2.45, 2.75) is 38.1 Å². The molecule has 0 unspecified atom stereocenters. The van der Waals surface area contributed by atoms with Crippen molar-refractivity contribution in [2.24, 2.45) is 11.7 Å². The summed E-state index contributed by atoms with van der Waals surface area (Å²) in [6.45, 7) is 1.63. The topological polar surface area (TPSA) is 93.4 Å². The van der Waals surface area contributed by atoms with E-state index in [9.17, 15) is 9.59 Å². The molecule has 0 aromatic carbocycles. The van der Waals surface area contributed by atoms with E-state index in [4.69, 9.17) is 10.5 Å². The normalized spacial score (nSPS) is 23.0. The molecule has 1 saturated carbocycles. The zero-order chi connectivity index (χ0) is 14.1. The Morgan fingerprint density at radius 1 is 1.26 bits per heavy atom. The van der Waals surface area contributed by atoms with Crippen molar-refractivity contribution in [3.05, 3.63) is 0 Å². The minimum atomic E-state index is -0.200. The number of carbonyl (C=O) groups excluding carboxylic acids is 2. The number of hydrogen-bond donors (Lipinski definition) is 3. The molecule has 2 amide bonds. The smallest absolute Gasteiger partial charge is 0.233 e. The van der Waals surface area contributed by atoms with Gasteiger partial charge >= 0.3 is 0 Å². The SMILES string of the molecule is COCCCNC(=O)CNC1CCC(C(N)=O)CC1. The Balaban J connectivity index is 2.06. The fraction of sp³-hybridized carbons (Fsp3) is 0.846. The second-order valence-electron chi connectivity index (χ2n) is 5.03. The lowest BCUT2D eigenvalue weighted by atomic mass is 9.85. The van der Waals surface area contributed by atoms with Crippen LogP contribution in [0.15, 0.2) is 0 Å². The number of ether oxygens (including phenoxy) is 1. The molecule has 0 radical (unpaired) electrons. The van der Waals surface area contributed by atoms with Crippen LogP contribution in [-0.2, 0) is 14.3 Å². The van der Waals surface area contributed by atoms with E-state index in [1.807, 2.05) is 0 Å². The van der Waals surface area contributed by atoms with Gasteiger partial charge in [-0.05, 0) is 32.1 Å². The Bertz CT molecular complexity index is 289. The van der Waals surface area contributed by atoms with Crippen LogP contribution in [0.5, 0.6) is 0 Å². The number of nitrogens with two attached hydrogens (primary N) is 1. The molecule has 0 atom stereocenters. The summed E-state index contributed by atoms with van der Waals surface area (Å²) in [5, 5.41) is 6.05. The molecule has 6 heteroatoms. The van der Waals surface area contributed by atoms with Gasteiger partial charge in [0.05, 0.1) is 6.54 Å². The Morgan fingerprint density at radius 3 is 2.53 bits per heavy atom. The predicted octanol–water partition coefficient (Wildman–Crippen LogP) is -0.227. The summed E-state index contributed by atoms with van der Waals surface area (Å²) in [7, 11) is 1.64. The first kappa shape index (κ1) is 15.9. The maximum Gasteiger partial charge on any atom is 0.233 e. The van der Waals surface area contributed by atoms with E-state index in [0.29, 0.717) is 25.7 Å². The van der Waals surface area contributed by atoms with Gasteiger partial charge in [0.25, 0.3) is 0 Å². The van der Waals surface area contributed by atoms with E-state index in [1.54, 1.807) is 7.11 Å². The molecule has 0 aromatic heterocycles. The molecular formula is C13H25N3O3. The summed E-state index contributed by atoms with van der Waals surface area (Å²) in [5.74, 6) is -0.177. The van der Waals surface area contributed by atoms with E-state index < -0.39 is 0 Å². The van der Waals surface area contributed by atoms with Crippen molar-refractivity contribution < 1.29 is 14.3 Å². The largest absolute Gasteiger partial charge is 0.385 e. The Kier molecular flexibility index (Phi) is 7.43. The molecule has 1 rings (SSSR count). The molecule has 0 spiro atoms. The van der Waals surface area contributed by atoms with Crippen LogP contribution in [0.25, 0.3) is 0 Å². The first-order valence-electron chi connectivity index (χ1n) is 6.91. The fourth-order valence-corrected chi connectivity index (χ4v) is 2.33. The van der Waals surface area contributed by atoms with Gasteiger partial charge < -0.3 is 21.1 Å². The lowest BCUT2D eigenvalue weighted by Crippen LogP contribution is -2.42. The minimum absolute atomic E-state index is 0.00753. The zero-order valence-electron chi connectivity index (χ0n) is 11.6. The van der Waals surface area contributed by atoms with Crippen molar-refractivity contribution in [3.63, 3.8) is 0 Å². The third-order valence-corrected chi connectivity index (χ3v) is 3.53. The van der Waals surface area contributed by atoms with Gasteiger partial charge in [-0.15, -0.1) is 0 Å². The number of methoxy groups -OCH3 is 1. The summed E-state index contributed by atoms with van der Waals surface area (Å²) in [5.41, 5.74) is 5.28. The molecule has 1 fully saturated rings. The van der Waals surface area contributed by atoms with Crippen LogP contribution in [0.2, 0.25) is 0 Å². The van der Waals surface area contributed by atoms with Crippen LogP contribution < -0.4 is 16.4 Å². The van der Waals surface area contributed by atoms with Crippen molar-refractivity contribution in [1.82, 2.24) is 10.6 Å². The quantitative estimate of drug-likeness (QED) is 0.532. The number of carbonyl (C=O) groups is 2. The minimum Gasteiger partial charge on any atom is -0.385 e. The first-order chi connectivity index (χ1) is 9.13. The van der Waals surface area contributed by atoms with Gasteiger partial charge in [-0.1, -0.05) is 0 Å². The highest BCUT2D eigenvalue weighted by molar-refractivity contribution is 5.78. The molecule has 1 aliphatic carbocycles. The second-order valence-corrected chi connectivity index (χ2v) is 5.03. The molecule has 6 nitrogen and oxygen atoms in total. The van der Waals surface area contributed by atoms with E-state index >= 15 is 0 Å². The number of nitrogens with one attached hydrogen (secondary N) is 2. The molecule has 0 heterocycles. The van der Waals surface area contributed by atoms with Crippen molar-refractivity contribution in [3.8, 4) is 0 Å². The molecule has 0 bridgehead atoms. The lowest BCUT2D eigenvalue weighted by Gasteiger charge is -2.27. The van der Waals surface area contributed by atoms with Crippen LogP contribution >= 0.6 is 0 Å². The monoisotopic (exact) mass is 271 g/mol. The van der Waals surface area contributed by atoms with Gasteiger partial charge in [-0.25, -0.2) is 0 Å². The molecule has 0 aliphatic heterocycles. The summed E-state index contributed by atoms with van der Waals surface area (Å²) >= 11 is 0. The Hall–Kier alpha value is -1.14. The van der Waals surface area contributed by atoms with Crippen LogP contribution in [0.3, 0.4) is 0 Å². The number of hydrogen-bond acceptors (Lipinski definition) is 4. The molecule has 0 saturated heterocycles. The molecule has 4 N–H and O–H groups in total. The average Bonchev–Trinajstić information content (AvgIpc) is 2.42. The van der Waals surface area contributed by atoms with Gasteiger partial charge in [0.1, 0.15) is 0 Å². The second kappa shape index (κ2) is 8.87. The molecule has 110 valence electrons. The highest BCUT2D eigenvalue weighted by Gasteiger charge is 2.24. The summed E-state index contributed by atoms with van der Waals surface area (Å²) < 4.78 is 4.90. The van der Waals surface area contributed by atoms with Gasteiger partial charge in [-0.2, -0.15) is 0 Å². The molecule has 19 heavy (non-hydrogen) atoms. The van der Waals surface area contributed by atoms with Crippen molar-refractivity contribution in [1.29, 1.82) is 0 Å². The van der Waals surface area contributed by atoms with Gasteiger partial charge in [0.15, 0.2) is 0 Å². The third-order valence-electron chi connectivity index (χ3n) is 3.53. The number of amides is 2. The van der Waals surface area contributed by atoms with Crippen LogP contribution in [0, 0.1) is 5.92 Å². The standard InChI is InChI=1S/C13H25N3O3/c1-19-8-2-7-15-12(17)9-16-11-5-3-10(4-6-11)13(14)18/h10-11,16H,2-9H2,1H3,(H2,14,18)(H,15,17). The molecule has 1 aliphatic rings. The highest BCUT2D eigenvalue weighted by atomic mass is 16.5. The maximum absolute atomic E-state index is 11.5. The highest BCUT2D eigenvalue weighted by Crippen LogP contribution is 2.23. The predicted molar refractivity (Wildman–Crippen MR) is 72.4 cm³/mol. The lowest BCUT2D eigenvalue weighted by molar-refractivity contribution is -0.123. The summed E-state index contributed by atoms with van der Waals surface area (Å²) in [6, 6.07) is 0.320. The van der Waals surface area contributed by atoms with Gasteiger partial charge in [0, 0.05) is 32.2 Å². The summed E-state index contributed by atoms with van der Waals surface area (Å²) in [6.07, 6.45) is 4.28. The Labute approximate surface area is 114 Å². The summed E-state index contributed by atoms with van der Waals surface area (Å²) in [4.78, 5) is 22.6. The molecular weight excluding hydrogens is 246 g/mol. The number of rotatable bonds is 8. The first-order valence-corrected chi connectivity index (χ1v) is 6.91. The third kappa shape index (κ3) is 6.54. The van der Waals surface area contributed by atoms with Crippen LogP contribution in [-0.4, -0.2) is 44.7 Å². The van der Waals surface area contributed by atoms with Crippen molar-refractivity contribution >= 4 is 11.8 Å². The Morgan fingerprint density at radius 2 is 1.95 bits per heavy atom. The fourth-order valence-electron chi connectivity index (χ4n) is 2.33. The van der Waals surface area contributed by atoms with E-state index in [1.165, 1.54) is 0 Å². The molecule has 0 aromatic rings. The number of primary amides is 1. The van der Waals surface area contributed by atoms with E-state index in [2.05, 4.69) is 10.6 Å². The van der Waals surface area contributed by atoms with Crippen LogP contribution in [0.4, 0.5) is 0 Å². The average molecular weight is 271 g/mol. The van der Waals surface area contributed by atoms with E-state index in [0.717, 1.165) is 32.1 Å². The zero-order valence-corrected chi connectivity index (χ0v) is 11.6.